The van der Waals surface area contributed by atoms with Gasteiger partial charge in [-0.1, -0.05) is 0 Å². The molecule has 0 aliphatic carbocycles. The molecule has 5 heteroatoms. The summed E-state index contributed by atoms with van der Waals surface area (Å²) in [5, 5.41) is 15.2. The lowest BCUT2D eigenvalue weighted by atomic mass is 10.1. The van der Waals surface area contributed by atoms with Gasteiger partial charge in [0, 0.05) is 5.56 Å². The van der Waals surface area contributed by atoms with Gasteiger partial charge in [0.05, 0.1) is 11.6 Å². The van der Waals surface area contributed by atoms with E-state index in [9.17, 15) is 4.79 Å². The smallest absolute Gasteiger partial charge is 0.312 e. The molecule has 2 N–H and O–H groups in total. The molecule has 0 spiro atoms. The van der Waals surface area contributed by atoms with Crippen molar-refractivity contribution in [3.63, 3.8) is 0 Å². The largest absolute Gasteiger partial charge is 0.481 e. The molecule has 1 aromatic heterocycles. The van der Waals surface area contributed by atoms with Crippen molar-refractivity contribution in [2.45, 2.75) is 19.8 Å². The Morgan fingerprint density at radius 3 is 2.67 bits per heavy atom. The summed E-state index contributed by atoms with van der Waals surface area (Å²) in [6.07, 6.45) is 0. The minimum Gasteiger partial charge on any atom is -0.481 e. The molecule has 12 heavy (non-hydrogen) atoms. The SMILES string of the molecule is Cc1c(Br)n[nH]c1C(C)C(=O)O. The van der Waals surface area contributed by atoms with E-state index >= 15 is 0 Å². The van der Waals surface area contributed by atoms with Crippen molar-refractivity contribution in [2.75, 3.05) is 0 Å². The van der Waals surface area contributed by atoms with E-state index in [0.717, 1.165) is 5.56 Å². The lowest BCUT2D eigenvalue weighted by Crippen LogP contribution is -2.08. The van der Waals surface area contributed by atoms with Crippen molar-refractivity contribution < 1.29 is 9.90 Å². The summed E-state index contributed by atoms with van der Waals surface area (Å²) in [6.45, 7) is 3.44. The highest BCUT2D eigenvalue weighted by Crippen LogP contribution is 2.22. The summed E-state index contributed by atoms with van der Waals surface area (Å²) < 4.78 is 0.672. The van der Waals surface area contributed by atoms with Crippen molar-refractivity contribution in [1.29, 1.82) is 0 Å². The molecule has 1 heterocycles. The first kappa shape index (κ1) is 9.25. The Balaban J connectivity index is 3.03. The number of aromatic nitrogens is 2. The third kappa shape index (κ3) is 1.50. The molecule has 0 radical (unpaired) electrons. The van der Waals surface area contributed by atoms with Crippen LogP contribution < -0.4 is 0 Å². The first-order valence-corrected chi connectivity index (χ1v) is 4.26. The molecule has 0 aromatic carbocycles. The van der Waals surface area contributed by atoms with Gasteiger partial charge in [-0.25, -0.2) is 0 Å². The molecule has 0 bridgehead atoms. The number of aliphatic carboxylic acids is 1. The predicted molar refractivity (Wildman–Crippen MR) is 47.1 cm³/mol. The Hall–Kier alpha value is -0.840. The van der Waals surface area contributed by atoms with E-state index in [4.69, 9.17) is 5.11 Å². The second-order valence-electron chi connectivity index (χ2n) is 2.61. The molecular formula is C7H9BrN2O2. The number of hydrogen-bond acceptors (Lipinski definition) is 2. The number of nitrogens with one attached hydrogen (secondary N) is 1. The number of H-pyrrole nitrogens is 1. The Bertz CT molecular complexity index is 308. The highest BCUT2D eigenvalue weighted by molar-refractivity contribution is 9.10. The third-order valence-corrected chi connectivity index (χ3v) is 2.56. The number of carbonyl (C=O) groups is 1. The number of halogens is 1. The van der Waals surface area contributed by atoms with Crippen molar-refractivity contribution in [1.82, 2.24) is 10.2 Å². The first-order chi connectivity index (χ1) is 5.54. The third-order valence-electron chi connectivity index (χ3n) is 1.79. The minimum absolute atomic E-state index is 0.538. The van der Waals surface area contributed by atoms with E-state index in [1.165, 1.54) is 0 Å². The quantitative estimate of drug-likeness (QED) is 0.816. The Labute approximate surface area is 78.1 Å². The zero-order valence-electron chi connectivity index (χ0n) is 6.76. The molecule has 0 amide bonds. The predicted octanol–water partition coefficient (Wildman–Crippen LogP) is 1.67. The van der Waals surface area contributed by atoms with Crippen LogP contribution >= 0.6 is 15.9 Å². The number of nitrogens with zero attached hydrogens (tertiary/aromatic N) is 1. The Kier molecular flexibility index (Phi) is 2.52. The first-order valence-electron chi connectivity index (χ1n) is 3.47. The fourth-order valence-electron chi connectivity index (χ4n) is 0.933. The molecule has 0 saturated heterocycles. The van der Waals surface area contributed by atoms with E-state index in [2.05, 4.69) is 26.1 Å². The number of carboxylic acids is 1. The van der Waals surface area contributed by atoms with Crippen LogP contribution in [0.5, 0.6) is 0 Å². The molecule has 1 atom stereocenters. The highest BCUT2D eigenvalue weighted by atomic mass is 79.9. The van der Waals surface area contributed by atoms with Crippen LogP contribution in [0, 0.1) is 6.92 Å². The molecule has 4 nitrogen and oxygen atoms in total. The van der Waals surface area contributed by atoms with Crippen molar-refractivity contribution in [3.05, 3.63) is 15.9 Å². The second-order valence-corrected chi connectivity index (χ2v) is 3.36. The highest BCUT2D eigenvalue weighted by Gasteiger charge is 2.19. The maximum absolute atomic E-state index is 10.6. The van der Waals surface area contributed by atoms with Gasteiger partial charge in [0.15, 0.2) is 0 Å². The van der Waals surface area contributed by atoms with Gasteiger partial charge in [-0.15, -0.1) is 0 Å². The summed E-state index contributed by atoms with van der Waals surface area (Å²) in [5.41, 5.74) is 1.50. The number of rotatable bonds is 2. The monoisotopic (exact) mass is 232 g/mol. The second kappa shape index (κ2) is 3.26. The normalized spacial score (nSPS) is 12.9. The molecule has 0 aliphatic rings. The average Bonchev–Trinajstić information content (AvgIpc) is 2.32. The minimum atomic E-state index is -0.853. The van der Waals surface area contributed by atoms with Gasteiger partial charge >= 0.3 is 5.97 Å². The van der Waals surface area contributed by atoms with Gasteiger partial charge < -0.3 is 5.11 Å². The van der Waals surface area contributed by atoms with Crippen LogP contribution in [0.1, 0.15) is 24.1 Å². The van der Waals surface area contributed by atoms with E-state index in [0.29, 0.717) is 10.3 Å². The van der Waals surface area contributed by atoms with Gasteiger partial charge in [-0.05, 0) is 29.8 Å². The summed E-state index contributed by atoms with van der Waals surface area (Å²) >= 11 is 3.20. The van der Waals surface area contributed by atoms with Crippen LogP contribution in [-0.4, -0.2) is 21.3 Å². The van der Waals surface area contributed by atoms with Crippen LogP contribution in [-0.2, 0) is 4.79 Å². The van der Waals surface area contributed by atoms with E-state index in [-0.39, 0.29) is 0 Å². The topological polar surface area (TPSA) is 66.0 Å². The van der Waals surface area contributed by atoms with Gasteiger partial charge in [0.2, 0.25) is 0 Å². The van der Waals surface area contributed by atoms with Gasteiger partial charge in [0.25, 0.3) is 0 Å². The number of hydrogen-bond donors (Lipinski definition) is 2. The van der Waals surface area contributed by atoms with E-state index < -0.39 is 11.9 Å². The van der Waals surface area contributed by atoms with E-state index in [1.54, 1.807) is 6.92 Å². The van der Waals surface area contributed by atoms with Crippen molar-refractivity contribution >= 4 is 21.9 Å². The molecule has 0 saturated carbocycles. The summed E-state index contributed by atoms with van der Waals surface area (Å²) in [5.74, 6) is -1.39. The molecule has 0 fully saturated rings. The lowest BCUT2D eigenvalue weighted by molar-refractivity contribution is -0.138. The van der Waals surface area contributed by atoms with Crippen LogP contribution in [0.4, 0.5) is 0 Å². The maximum Gasteiger partial charge on any atom is 0.312 e. The summed E-state index contributed by atoms with van der Waals surface area (Å²) in [4.78, 5) is 10.6. The van der Waals surface area contributed by atoms with Gasteiger partial charge in [-0.3, -0.25) is 9.89 Å². The zero-order chi connectivity index (χ0) is 9.30. The average molecular weight is 233 g/mol. The molecule has 0 aliphatic heterocycles. The van der Waals surface area contributed by atoms with E-state index in [1.807, 2.05) is 6.92 Å². The summed E-state index contributed by atoms with van der Waals surface area (Å²) in [6, 6.07) is 0. The standard InChI is InChI=1S/C7H9BrN2O2/c1-3-5(4(2)7(11)12)9-10-6(3)8/h4H,1-2H3,(H,9,10)(H,11,12). The lowest BCUT2D eigenvalue weighted by Gasteiger charge is -2.03. The Morgan fingerprint density at radius 1 is 1.75 bits per heavy atom. The molecule has 1 aromatic rings. The Morgan fingerprint density at radius 2 is 2.33 bits per heavy atom. The fraction of sp³-hybridized carbons (Fsp3) is 0.429. The number of aromatic amines is 1. The molecule has 66 valence electrons. The molecule has 1 rings (SSSR count). The maximum atomic E-state index is 10.6. The summed E-state index contributed by atoms with van der Waals surface area (Å²) in [7, 11) is 0. The zero-order valence-corrected chi connectivity index (χ0v) is 8.34. The van der Waals surface area contributed by atoms with Gasteiger partial charge in [0.1, 0.15) is 4.60 Å². The van der Waals surface area contributed by atoms with Gasteiger partial charge in [-0.2, -0.15) is 5.10 Å². The van der Waals surface area contributed by atoms with Crippen molar-refractivity contribution in [2.24, 2.45) is 0 Å². The van der Waals surface area contributed by atoms with Crippen molar-refractivity contribution in [3.8, 4) is 0 Å². The number of carboxylic acid groups (broad SMARTS) is 1. The fourth-order valence-corrected chi connectivity index (χ4v) is 1.24. The van der Waals surface area contributed by atoms with Crippen LogP contribution in [0.2, 0.25) is 0 Å². The van der Waals surface area contributed by atoms with Crippen LogP contribution in [0.3, 0.4) is 0 Å². The molecule has 1 unspecified atom stereocenters. The molecular weight excluding hydrogens is 224 g/mol. The van der Waals surface area contributed by atoms with Crippen LogP contribution in [0.25, 0.3) is 0 Å². The van der Waals surface area contributed by atoms with Crippen LogP contribution in [0.15, 0.2) is 4.60 Å².